The summed E-state index contributed by atoms with van der Waals surface area (Å²) in [5.41, 5.74) is 3.06. The van der Waals surface area contributed by atoms with Crippen LogP contribution in [-0.2, 0) is 0 Å². The Hall–Kier alpha value is -3.67. The molecule has 33 heavy (non-hydrogen) atoms. The van der Waals surface area contributed by atoms with Crippen molar-refractivity contribution in [1.82, 2.24) is 10.6 Å². The van der Waals surface area contributed by atoms with Crippen LogP contribution in [0.2, 0.25) is 0 Å². The highest BCUT2D eigenvalue weighted by molar-refractivity contribution is 6.00. The number of hydrogen-bond donors (Lipinski definition) is 2. The predicted molar refractivity (Wildman–Crippen MR) is 128 cm³/mol. The van der Waals surface area contributed by atoms with E-state index in [1.54, 1.807) is 0 Å². The van der Waals surface area contributed by atoms with Gasteiger partial charge in [0, 0.05) is 30.4 Å². The van der Waals surface area contributed by atoms with Crippen molar-refractivity contribution in [3.8, 4) is 0 Å². The number of nitrogens with one attached hydrogen (secondary N) is 2. The maximum absolute atomic E-state index is 13.1. The van der Waals surface area contributed by atoms with Gasteiger partial charge in [0.15, 0.2) is 0 Å². The van der Waals surface area contributed by atoms with Gasteiger partial charge in [0.25, 0.3) is 11.8 Å². The molecule has 170 valence electrons. The fourth-order valence-corrected chi connectivity index (χ4v) is 4.18. The summed E-state index contributed by atoms with van der Waals surface area (Å²) in [6.07, 6.45) is 1.53. The average molecular weight is 446 g/mol. The molecule has 0 unspecified atom stereocenters. The maximum Gasteiger partial charge on any atom is 0.253 e. The number of amides is 2. The first kappa shape index (κ1) is 22.5. The lowest BCUT2D eigenvalue weighted by Crippen LogP contribution is -2.45. The van der Waals surface area contributed by atoms with Crippen molar-refractivity contribution < 1.29 is 14.0 Å². The van der Waals surface area contributed by atoms with Crippen LogP contribution in [0, 0.1) is 5.82 Å². The van der Waals surface area contributed by atoms with Gasteiger partial charge in [-0.15, -0.1) is 0 Å². The number of carbonyl (C=O) groups is 2. The van der Waals surface area contributed by atoms with E-state index in [9.17, 15) is 14.0 Å². The van der Waals surface area contributed by atoms with Crippen molar-refractivity contribution in [1.29, 1.82) is 0 Å². The van der Waals surface area contributed by atoms with E-state index in [1.807, 2.05) is 61.5 Å². The number of nitrogens with zero attached hydrogens (tertiary/aromatic N) is 1. The molecular weight excluding hydrogens is 417 g/mol. The highest BCUT2D eigenvalue weighted by Gasteiger charge is 2.24. The Morgan fingerprint density at radius 2 is 1.52 bits per heavy atom. The number of carbonyl (C=O) groups excluding carboxylic acids is 2. The molecule has 5 nitrogen and oxygen atoms in total. The molecule has 2 N–H and O–H groups in total. The molecule has 1 fully saturated rings. The van der Waals surface area contributed by atoms with Crippen LogP contribution >= 0.6 is 0 Å². The van der Waals surface area contributed by atoms with Crippen LogP contribution < -0.4 is 15.5 Å². The van der Waals surface area contributed by atoms with E-state index < -0.39 is 0 Å². The minimum atomic E-state index is -0.360. The molecule has 2 amide bonds. The Balaban J connectivity index is 1.37. The van der Waals surface area contributed by atoms with Crippen molar-refractivity contribution in [2.75, 3.05) is 18.0 Å². The maximum atomic E-state index is 13.1. The molecule has 1 heterocycles. The quantitative estimate of drug-likeness (QED) is 0.577. The van der Waals surface area contributed by atoms with Crippen molar-refractivity contribution in [3.05, 3.63) is 101 Å². The minimum Gasteiger partial charge on any atom is -0.371 e. The molecule has 4 rings (SSSR count). The van der Waals surface area contributed by atoms with Crippen LogP contribution in [0.5, 0.6) is 0 Å². The first-order valence-corrected chi connectivity index (χ1v) is 11.3. The summed E-state index contributed by atoms with van der Waals surface area (Å²) in [4.78, 5) is 27.7. The van der Waals surface area contributed by atoms with Crippen molar-refractivity contribution in [3.63, 3.8) is 0 Å². The Morgan fingerprint density at radius 1 is 0.879 bits per heavy atom. The molecule has 6 heteroatoms. The second-order valence-electron chi connectivity index (χ2n) is 8.36. The highest BCUT2D eigenvalue weighted by Crippen LogP contribution is 2.25. The van der Waals surface area contributed by atoms with Gasteiger partial charge in [-0.25, -0.2) is 4.39 Å². The van der Waals surface area contributed by atoms with E-state index in [-0.39, 0.29) is 29.7 Å². The third kappa shape index (κ3) is 5.58. The zero-order chi connectivity index (χ0) is 23.2. The number of hydrogen-bond acceptors (Lipinski definition) is 3. The third-order valence-electron chi connectivity index (χ3n) is 6.07. The first-order valence-electron chi connectivity index (χ1n) is 11.3. The third-order valence-corrected chi connectivity index (χ3v) is 6.07. The van der Waals surface area contributed by atoms with E-state index in [4.69, 9.17) is 0 Å². The zero-order valence-corrected chi connectivity index (χ0v) is 18.6. The van der Waals surface area contributed by atoms with Gasteiger partial charge in [0.05, 0.1) is 11.6 Å². The fraction of sp³-hybridized carbons (Fsp3) is 0.259. The average Bonchev–Trinajstić information content (AvgIpc) is 2.85. The van der Waals surface area contributed by atoms with E-state index >= 15 is 0 Å². The summed E-state index contributed by atoms with van der Waals surface area (Å²) >= 11 is 0. The highest BCUT2D eigenvalue weighted by atomic mass is 19.1. The summed E-state index contributed by atoms with van der Waals surface area (Å²) in [7, 11) is 0. The summed E-state index contributed by atoms with van der Waals surface area (Å²) in [6.45, 7) is 3.44. The van der Waals surface area contributed by atoms with E-state index in [2.05, 4.69) is 15.5 Å². The lowest BCUT2D eigenvalue weighted by molar-refractivity contribution is 0.0928. The van der Waals surface area contributed by atoms with Crippen LogP contribution in [-0.4, -0.2) is 30.9 Å². The summed E-state index contributed by atoms with van der Waals surface area (Å²) in [5.74, 6) is -0.655. The molecule has 1 atom stereocenters. The number of rotatable bonds is 6. The number of piperidine rings is 1. The second-order valence-corrected chi connectivity index (χ2v) is 8.36. The molecule has 0 aliphatic carbocycles. The topological polar surface area (TPSA) is 61.4 Å². The van der Waals surface area contributed by atoms with Gasteiger partial charge in [-0.2, -0.15) is 0 Å². The molecule has 0 saturated carbocycles. The van der Waals surface area contributed by atoms with Crippen LogP contribution in [0.4, 0.5) is 10.1 Å². The van der Waals surface area contributed by atoms with Gasteiger partial charge in [-0.05, 0) is 61.7 Å². The van der Waals surface area contributed by atoms with Crippen LogP contribution in [0.3, 0.4) is 0 Å². The summed E-state index contributed by atoms with van der Waals surface area (Å²) in [6, 6.07) is 23.0. The van der Waals surface area contributed by atoms with E-state index in [0.29, 0.717) is 11.1 Å². The molecule has 0 aromatic heterocycles. The lowest BCUT2D eigenvalue weighted by atomic mass is 10.0. The lowest BCUT2D eigenvalue weighted by Gasteiger charge is -2.35. The molecule has 1 saturated heterocycles. The molecular formula is C27H28FN3O2. The van der Waals surface area contributed by atoms with Crippen molar-refractivity contribution in [2.45, 2.75) is 31.8 Å². The first-order chi connectivity index (χ1) is 16.0. The van der Waals surface area contributed by atoms with E-state index in [0.717, 1.165) is 37.2 Å². The Morgan fingerprint density at radius 3 is 2.21 bits per heavy atom. The molecule has 1 aliphatic rings. The van der Waals surface area contributed by atoms with Crippen LogP contribution in [0.25, 0.3) is 0 Å². The van der Waals surface area contributed by atoms with Gasteiger partial charge in [0.2, 0.25) is 0 Å². The number of anilines is 1. The van der Waals surface area contributed by atoms with Gasteiger partial charge in [-0.1, -0.05) is 42.5 Å². The van der Waals surface area contributed by atoms with Gasteiger partial charge < -0.3 is 15.5 Å². The Kier molecular flexibility index (Phi) is 7.03. The fourth-order valence-electron chi connectivity index (χ4n) is 4.18. The molecule has 0 bridgehead atoms. The molecule has 3 aromatic carbocycles. The Labute approximate surface area is 193 Å². The van der Waals surface area contributed by atoms with Gasteiger partial charge in [-0.3, -0.25) is 9.59 Å². The molecule has 0 radical (unpaired) electrons. The SMILES string of the molecule is C[C@H](NC(=O)c1ccccc1N1CCC(NC(=O)c2ccc(F)cc2)CC1)c1ccccc1. The summed E-state index contributed by atoms with van der Waals surface area (Å²) < 4.78 is 13.1. The molecule has 1 aliphatic heterocycles. The van der Waals surface area contributed by atoms with Gasteiger partial charge >= 0.3 is 0 Å². The monoisotopic (exact) mass is 445 g/mol. The van der Waals surface area contributed by atoms with E-state index in [1.165, 1.54) is 24.3 Å². The van der Waals surface area contributed by atoms with Gasteiger partial charge in [0.1, 0.15) is 5.82 Å². The largest absolute Gasteiger partial charge is 0.371 e. The number of halogens is 1. The standard InChI is InChI=1S/C27H28FN3O2/c1-19(20-7-3-2-4-8-20)29-27(33)24-9-5-6-10-25(24)31-17-15-23(16-18-31)30-26(32)21-11-13-22(28)14-12-21/h2-14,19,23H,15-18H2,1H3,(H,29,33)(H,30,32)/t19-/m0/s1. The summed E-state index contributed by atoms with van der Waals surface area (Å²) in [5, 5.41) is 6.14. The van der Waals surface area contributed by atoms with Crippen molar-refractivity contribution >= 4 is 17.5 Å². The molecule has 0 spiro atoms. The molecule has 3 aromatic rings. The minimum absolute atomic E-state index is 0.0397. The normalized spacial score (nSPS) is 15.0. The Bertz CT molecular complexity index is 1090. The number of benzene rings is 3. The second kappa shape index (κ2) is 10.3. The zero-order valence-electron chi connectivity index (χ0n) is 18.6. The number of para-hydroxylation sites is 1. The van der Waals surface area contributed by atoms with Crippen LogP contribution in [0.1, 0.15) is 52.1 Å². The van der Waals surface area contributed by atoms with Crippen molar-refractivity contribution in [2.24, 2.45) is 0 Å². The smallest absolute Gasteiger partial charge is 0.253 e. The van der Waals surface area contributed by atoms with Crippen LogP contribution in [0.15, 0.2) is 78.9 Å². The predicted octanol–water partition coefficient (Wildman–Crippen LogP) is 4.72.